The van der Waals surface area contributed by atoms with E-state index >= 15 is 0 Å². The van der Waals surface area contributed by atoms with Gasteiger partial charge in [-0.1, -0.05) is 24.3 Å². The molecule has 0 bridgehead atoms. The lowest BCUT2D eigenvalue weighted by molar-refractivity contribution is -0.118. The van der Waals surface area contributed by atoms with E-state index in [0.29, 0.717) is 22.7 Å². The zero-order valence-electron chi connectivity index (χ0n) is 19.5. The topological polar surface area (TPSA) is 108 Å². The van der Waals surface area contributed by atoms with E-state index in [9.17, 15) is 14.9 Å². The fraction of sp³-hybridized carbons (Fsp3) is 0.269. The molecular formula is C26H25N5O2S. The van der Waals surface area contributed by atoms with Crippen LogP contribution in [0.25, 0.3) is 10.3 Å². The second kappa shape index (κ2) is 9.20. The molecule has 0 radical (unpaired) electrons. The number of benzene rings is 1. The summed E-state index contributed by atoms with van der Waals surface area (Å²) in [6.45, 7) is 7.46. The number of carbonyl (C=O) groups is 2. The van der Waals surface area contributed by atoms with E-state index in [4.69, 9.17) is 0 Å². The van der Waals surface area contributed by atoms with Crippen molar-refractivity contribution in [2.24, 2.45) is 11.3 Å². The van der Waals surface area contributed by atoms with Gasteiger partial charge >= 0.3 is 0 Å². The van der Waals surface area contributed by atoms with Crippen LogP contribution in [0.1, 0.15) is 41.1 Å². The summed E-state index contributed by atoms with van der Waals surface area (Å²) in [7, 11) is 0. The van der Waals surface area contributed by atoms with Crippen molar-refractivity contribution in [3.8, 4) is 6.07 Å². The number of hydrogen-bond donors (Lipinski definition) is 2. The second-order valence-electron chi connectivity index (χ2n) is 8.86. The van der Waals surface area contributed by atoms with Crippen LogP contribution < -0.4 is 10.6 Å². The molecule has 1 aliphatic rings. The van der Waals surface area contributed by atoms with Crippen molar-refractivity contribution in [3.63, 3.8) is 0 Å². The summed E-state index contributed by atoms with van der Waals surface area (Å²) in [4.78, 5) is 35.8. The predicted molar refractivity (Wildman–Crippen MR) is 135 cm³/mol. The first-order valence-electron chi connectivity index (χ1n) is 10.9. The Morgan fingerprint density at radius 2 is 1.94 bits per heavy atom. The van der Waals surface area contributed by atoms with Crippen molar-refractivity contribution in [1.29, 1.82) is 5.26 Å². The summed E-state index contributed by atoms with van der Waals surface area (Å²) < 4.78 is 0. The highest BCUT2D eigenvalue weighted by molar-refractivity contribution is 7.20. The molecule has 1 unspecified atom stereocenters. The van der Waals surface area contributed by atoms with Crippen molar-refractivity contribution in [2.45, 2.75) is 34.1 Å². The van der Waals surface area contributed by atoms with Gasteiger partial charge in [-0.15, -0.1) is 11.3 Å². The van der Waals surface area contributed by atoms with Crippen LogP contribution in [0, 0.1) is 36.5 Å². The van der Waals surface area contributed by atoms with Crippen LogP contribution >= 0.6 is 11.3 Å². The summed E-state index contributed by atoms with van der Waals surface area (Å²) >= 11 is 1.30. The molecule has 0 saturated heterocycles. The lowest BCUT2D eigenvalue weighted by Gasteiger charge is -2.25. The number of amides is 2. The van der Waals surface area contributed by atoms with Gasteiger partial charge in [0.25, 0.3) is 5.91 Å². The van der Waals surface area contributed by atoms with E-state index in [1.54, 1.807) is 18.5 Å². The van der Waals surface area contributed by atoms with Gasteiger partial charge < -0.3 is 10.6 Å². The quantitative estimate of drug-likeness (QED) is 0.507. The predicted octanol–water partition coefficient (Wildman–Crippen LogP) is 5.55. The number of anilines is 2. The van der Waals surface area contributed by atoms with Crippen LogP contribution in [-0.4, -0.2) is 21.8 Å². The Morgan fingerprint density at radius 1 is 1.18 bits per heavy atom. The van der Waals surface area contributed by atoms with Crippen LogP contribution in [-0.2, 0) is 4.79 Å². The third-order valence-corrected chi connectivity index (χ3v) is 7.21. The maximum Gasteiger partial charge on any atom is 0.266 e. The molecule has 0 spiro atoms. The molecule has 4 rings (SSSR count). The zero-order chi connectivity index (χ0) is 24.5. The summed E-state index contributed by atoms with van der Waals surface area (Å²) in [5, 5.41) is 15.3. The van der Waals surface area contributed by atoms with Gasteiger partial charge in [-0.25, -0.2) is 4.98 Å². The SMILES string of the molecule is Cc1ccc(NC(=O)C2C=CC=C(C(C)(C)C#N)C2)cc1NC(=O)c1sc2nccnc2c1C. The Bertz CT molecular complexity index is 1390. The first-order chi connectivity index (χ1) is 16.2. The molecule has 172 valence electrons. The van der Waals surface area contributed by atoms with Gasteiger partial charge in [0, 0.05) is 29.3 Å². The summed E-state index contributed by atoms with van der Waals surface area (Å²) in [5.74, 6) is -0.764. The lowest BCUT2D eigenvalue weighted by Crippen LogP contribution is -2.26. The molecule has 2 N–H and O–H groups in total. The number of nitrogens with zero attached hydrogens (tertiary/aromatic N) is 3. The molecule has 2 aromatic heterocycles. The minimum absolute atomic E-state index is 0.158. The first-order valence-corrected chi connectivity index (χ1v) is 11.7. The number of allylic oxidation sites excluding steroid dienone is 3. The second-order valence-corrected chi connectivity index (χ2v) is 9.86. The molecule has 0 saturated carbocycles. The summed E-state index contributed by atoms with van der Waals surface area (Å²) in [6, 6.07) is 7.72. The monoisotopic (exact) mass is 471 g/mol. The Hall–Kier alpha value is -3.83. The Balaban J connectivity index is 1.49. The minimum atomic E-state index is -0.625. The molecule has 1 aliphatic carbocycles. The van der Waals surface area contributed by atoms with Gasteiger partial charge in [-0.05, 0) is 57.4 Å². The molecule has 2 heterocycles. The van der Waals surface area contributed by atoms with Gasteiger partial charge in [0.1, 0.15) is 10.3 Å². The molecule has 1 aromatic carbocycles. The Morgan fingerprint density at radius 3 is 2.68 bits per heavy atom. The van der Waals surface area contributed by atoms with Crippen LogP contribution in [0.3, 0.4) is 0 Å². The largest absolute Gasteiger partial charge is 0.325 e. The van der Waals surface area contributed by atoms with Gasteiger partial charge in [0.05, 0.1) is 22.3 Å². The van der Waals surface area contributed by atoms with Gasteiger partial charge in [-0.2, -0.15) is 5.26 Å². The number of aryl methyl sites for hydroxylation is 2. The zero-order valence-corrected chi connectivity index (χ0v) is 20.3. The van der Waals surface area contributed by atoms with Gasteiger partial charge in [-0.3, -0.25) is 14.6 Å². The van der Waals surface area contributed by atoms with Crippen molar-refractivity contribution in [2.75, 3.05) is 10.6 Å². The summed E-state index contributed by atoms with van der Waals surface area (Å²) in [5.41, 5.74) is 3.90. The lowest BCUT2D eigenvalue weighted by atomic mass is 9.78. The fourth-order valence-corrected chi connectivity index (χ4v) is 4.80. The van der Waals surface area contributed by atoms with E-state index in [-0.39, 0.29) is 17.7 Å². The Labute approximate surface area is 202 Å². The minimum Gasteiger partial charge on any atom is -0.325 e. The number of hydrogen-bond acceptors (Lipinski definition) is 6. The standard InChI is InChI=1S/C26H25N5O2S/c1-15-8-9-19(30-23(32)17-6-5-7-18(12-17)26(3,4)14-27)13-20(15)31-24(33)22-16(2)21-25(34-22)29-11-10-28-21/h5-11,13,17H,12H2,1-4H3,(H,30,32)(H,31,33). The molecule has 1 atom stereocenters. The van der Waals surface area contributed by atoms with Crippen molar-refractivity contribution in [3.05, 3.63) is 70.4 Å². The third kappa shape index (κ3) is 4.61. The molecule has 3 aromatic rings. The van der Waals surface area contributed by atoms with Crippen LogP contribution in [0.15, 0.2) is 54.4 Å². The van der Waals surface area contributed by atoms with E-state index in [2.05, 4.69) is 26.7 Å². The van der Waals surface area contributed by atoms with E-state index in [0.717, 1.165) is 27.0 Å². The normalized spacial score (nSPS) is 15.5. The maximum absolute atomic E-state index is 13.0. The number of nitriles is 1. The molecule has 34 heavy (non-hydrogen) atoms. The number of fused-ring (bicyclic) bond motifs is 1. The van der Waals surface area contributed by atoms with Crippen molar-refractivity contribution in [1.82, 2.24) is 9.97 Å². The highest BCUT2D eigenvalue weighted by Gasteiger charge is 2.29. The molecule has 0 fully saturated rings. The van der Waals surface area contributed by atoms with Crippen LogP contribution in [0.4, 0.5) is 11.4 Å². The smallest absolute Gasteiger partial charge is 0.266 e. The van der Waals surface area contributed by atoms with E-state index in [1.807, 2.05) is 58.1 Å². The molecule has 0 aliphatic heterocycles. The van der Waals surface area contributed by atoms with E-state index in [1.165, 1.54) is 11.3 Å². The average Bonchev–Trinajstić information content (AvgIpc) is 3.18. The molecule has 2 amide bonds. The van der Waals surface area contributed by atoms with Crippen molar-refractivity contribution < 1.29 is 9.59 Å². The van der Waals surface area contributed by atoms with Gasteiger partial charge in [0.2, 0.25) is 5.91 Å². The first kappa shape index (κ1) is 23.3. The number of carbonyl (C=O) groups excluding carboxylic acids is 2. The number of aromatic nitrogens is 2. The third-order valence-electron chi connectivity index (χ3n) is 6.02. The average molecular weight is 472 g/mol. The Kier molecular flexibility index (Phi) is 6.31. The van der Waals surface area contributed by atoms with Crippen molar-refractivity contribution >= 4 is 44.9 Å². The molecule has 7 nitrogen and oxygen atoms in total. The van der Waals surface area contributed by atoms with Gasteiger partial charge in [0.15, 0.2) is 0 Å². The molecular weight excluding hydrogens is 446 g/mol. The number of nitrogens with one attached hydrogen (secondary N) is 2. The number of rotatable bonds is 5. The summed E-state index contributed by atoms with van der Waals surface area (Å²) in [6.07, 6.45) is 9.30. The van der Waals surface area contributed by atoms with Crippen LogP contribution in [0.5, 0.6) is 0 Å². The maximum atomic E-state index is 13.0. The van der Waals surface area contributed by atoms with E-state index < -0.39 is 5.41 Å². The number of thiophene rings is 1. The van der Waals surface area contributed by atoms with Crippen LogP contribution in [0.2, 0.25) is 0 Å². The molecule has 8 heteroatoms. The highest BCUT2D eigenvalue weighted by Crippen LogP contribution is 2.34. The highest BCUT2D eigenvalue weighted by atomic mass is 32.1. The fourth-order valence-electron chi connectivity index (χ4n) is 3.80.